The minimum atomic E-state index is -0.347. The van der Waals surface area contributed by atoms with Crippen LogP contribution in [-0.4, -0.2) is 10.8 Å². The van der Waals surface area contributed by atoms with Gasteiger partial charge in [0.2, 0.25) is 0 Å². The molecule has 0 atom stereocenters. The van der Waals surface area contributed by atoms with Crippen LogP contribution < -0.4 is 0 Å². The molecule has 0 aromatic rings. The topological polar surface area (TPSA) is 26.3 Å². The number of hydrogen-bond acceptors (Lipinski definition) is 2. The summed E-state index contributed by atoms with van der Waals surface area (Å²) in [6.45, 7) is 2.81. The first-order chi connectivity index (χ1) is 7.77. The van der Waals surface area contributed by atoms with Gasteiger partial charge in [0.15, 0.2) is 0 Å². The summed E-state index contributed by atoms with van der Waals surface area (Å²) >= 11 is 2.75. The number of carbonyl (C=O) groups is 1. The molecule has 0 aromatic carbocycles. The van der Waals surface area contributed by atoms with E-state index in [9.17, 15) is 4.79 Å². The van der Waals surface area contributed by atoms with Crippen molar-refractivity contribution in [2.75, 3.05) is 6.61 Å². The Morgan fingerprint density at radius 2 is 1.31 bits per heavy atom. The molecule has 0 saturated heterocycles. The molecule has 0 spiro atoms. The van der Waals surface area contributed by atoms with Gasteiger partial charge in [0.1, 0.15) is 0 Å². The SMILES string of the molecule is CCCCCCCCCCCCO[C](=O)[Ag]. The molecule has 16 heavy (non-hydrogen) atoms. The Labute approximate surface area is 112 Å². The van der Waals surface area contributed by atoms with Crippen LogP contribution in [0.1, 0.15) is 71.1 Å². The average Bonchev–Trinajstić information content (AvgIpc) is 2.25. The first kappa shape index (κ1) is 16.2. The molecule has 0 radical (unpaired) electrons. The van der Waals surface area contributed by atoms with Crippen LogP contribution in [0.15, 0.2) is 0 Å². The van der Waals surface area contributed by atoms with Crippen LogP contribution in [0.25, 0.3) is 0 Å². The third kappa shape index (κ3) is 14.2. The zero-order valence-electron chi connectivity index (χ0n) is 10.4. The zero-order chi connectivity index (χ0) is 12.1. The van der Waals surface area contributed by atoms with Gasteiger partial charge in [0.25, 0.3) is 0 Å². The van der Waals surface area contributed by atoms with E-state index < -0.39 is 0 Å². The number of carbonyl (C=O) groups excluding carboxylic acids is 1. The van der Waals surface area contributed by atoms with Gasteiger partial charge >= 0.3 is 99.2 Å². The summed E-state index contributed by atoms with van der Waals surface area (Å²) in [6.07, 6.45) is 13.0. The molecule has 0 aromatic heterocycles. The fourth-order valence-electron chi connectivity index (χ4n) is 1.73. The zero-order valence-corrected chi connectivity index (χ0v) is 11.9. The Morgan fingerprint density at radius 3 is 1.75 bits per heavy atom. The van der Waals surface area contributed by atoms with Gasteiger partial charge in [-0.3, -0.25) is 0 Å². The summed E-state index contributed by atoms with van der Waals surface area (Å²) in [7, 11) is 0. The summed E-state index contributed by atoms with van der Waals surface area (Å²) in [5.74, 6) is 0. The molecule has 0 amide bonds. The van der Waals surface area contributed by atoms with Gasteiger partial charge < -0.3 is 0 Å². The molecule has 0 heterocycles. The van der Waals surface area contributed by atoms with Crippen molar-refractivity contribution < 1.29 is 30.6 Å². The number of ether oxygens (including phenoxy) is 1. The Morgan fingerprint density at radius 1 is 0.875 bits per heavy atom. The fraction of sp³-hybridized carbons (Fsp3) is 0.923. The van der Waals surface area contributed by atoms with Gasteiger partial charge in [0.05, 0.1) is 0 Å². The van der Waals surface area contributed by atoms with Gasteiger partial charge in [-0.2, -0.15) is 0 Å². The van der Waals surface area contributed by atoms with Gasteiger partial charge in [-0.1, -0.05) is 13.3 Å². The number of unbranched alkanes of at least 4 members (excludes halogenated alkanes) is 9. The second kappa shape index (κ2) is 13.3. The fourth-order valence-corrected chi connectivity index (χ4v) is 1.89. The van der Waals surface area contributed by atoms with Crippen molar-refractivity contribution in [2.45, 2.75) is 71.1 Å². The molecule has 0 fully saturated rings. The summed E-state index contributed by atoms with van der Waals surface area (Å²) < 4.78 is 4.44. The summed E-state index contributed by atoms with van der Waals surface area (Å²) in [6, 6.07) is 0. The molecule has 0 aliphatic rings. The molecule has 0 saturated carbocycles. The Kier molecular flexibility index (Phi) is 13.5. The molecule has 2 nitrogen and oxygen atoms in total. The van der Waals surface area contributed by atoms with Gasteiger partial charge in [-0.05, 0) is 0 Å². The van der Waals surface area contributed by atoms with E-state index in [1.54, 1.807) is 0 Å². The number of hydrogen-bond donors (Lipinski definition) is 0. The molecule has 100 valence electrons. The Balaban J connectivity index is 2.90. The Bertz CT molecular complexity index is 160. The molecule has 0 unspecified atom stereocenters. The maximum absolute atomic E-state index is 10.4. The average molecular weight is 321 g/mol. The van der Waals surface area contributed by atoms with Crippen LogP contribution in [0, 0.1) is 0 Å². The number of rotatable bonds is 11. The maximum atomic E-state index is 10.4. The van der Waals surface area contributed by atoms with E-state index in [0.717, 1.165) is 6.42 Å². The third-order valence-electron chi connectivity index (χ3n) is 2.70. The molecule has 0 aliphatic heterocycles. The van der Waals surface area contributed by atoms with E-state index >= 15 is 0 Å². The van der Waals surface area contributed by atoms with Crippen LogP contribution >= 0.6 is 0 Å². The normalized spacial score (nSPS) is 10.4. The second-order valence-electron chi connectivity index (χ2n) is 4.24. The van der Waals surface area contributed by atoms with Crippen molar-refractivity contribution in [3.8, 4) is 0 Å². The predicted octanol–water partition coefficient (Wildman–Crippen LogP) is 4.59. The first-order valence-electron chi connectivity index (χ1n) is 6.55. The van der Waals surface area contributed by atoms with Gasteiger partial charge in [-0.25, -0.2) is 0 Å². The van der Waals surface area contributed by atoms with Crippen LogP contribution in [0.2, 0.25) is 0 Å². The molecular formula is C13H25AgO2. The quantitative estimate of drug-likeness (QED) is 0.411. The monoisotopic (exact) mass is 320 g/mol. The van der Waals surface area contributed by atoms with Gasteiger partial charge in [0, 0.05) is 0 Å². The van der Waals surface area contributed by atoms with Crippen LogP contribution in [0.4, 0.5) is 4.79 Å². The van der Waals surface area contributed by atoms with E-state index in [2.05, 4.69) is 28.0 Å². The van der Waals surface area contributed by atoms with Crippen molar-refractivity contribution >= 4 is 4.19 Å². The standard InChI is InChI=1S/C13H25O2.Ag/c1-2-3-4-5-6-7-8-9-10-11-12-15-13-14;/h2-12H2,1H3;. The second-order valence-corrected chi connectivity index (χ2v) is 4.84. The predicted molar refractivity (Wildman–Crippen MR) is 63.2 cm³/mol. The van der Waals surface area contributed by atoms with Crippen molar-refractivity contribution in [3.63, 3.8) is 0 Å². The van der Waals surface area contributed by atoms with Gasteiger partial charge in [-0.15, -0.1) is 0 Å². The third-order valence-corrected chi connectivity index (χ3v) is 2.92. The first-order valence-corrected chi connectivity index (χ1v) is 7.30. The van der Waals surface area contributed by atoms with Crippen molar-refractivity contribution in [1.82, 2.24) is 0 Å². The van der Waals surface area contributed by atoms with Crippen molar-refractivity contribution in [3.05, 3.63) is 0 Å². The van der Waals surface area contributed by atoms with E-state index in [4.69, 9.17) is 4.74 Å². The molecule has 0 rings (SSSR count). The van der Waals surface area contributed by atoms with Crippen LogP contribution in [0.3, 0.4) is 0 Å². The molecule has 0 N–H and O–H groups in total. The van der Waals surface area contributed by atoms with Crippen LogP contribution in [0.5, 0.6) is 0 Å². The van der Waals surface area contributed by atoms with E-state index in [-0.39, 0.29) is 4.19 Å². The van der Waals surface area contributed by atoms with Crippen molar-refractivity contribution in [1.29, 1.82) is 0 Å². The Hall–Kier alpha value is 0.210. The molecule has 0 aliphatic carbocycles. The minimum absolute atomic E-state index is 0.347. The summed E-state index contributed by atoms with van der Waals surface area (Å²) in [4.78, 5) is 10.4. The van der Waals surface area contributed by atoms with E-state index in [1.165, 1.54) is 57.8 Å². The van der Waals surface area contributed by atoms with Crippen LogP contribution in [-0.2, 0) is 25.8 Å². The van der Waals surface area contributed by atoms with E-state index in [0.29, 0.717) is 6.61 Å². The molecule has 0 bridgehead atoms. The van der Waals surface area contributed by atoms with Crippen molar-refractivity contribution in [2.24, 2.45) is 0 Å². The van der Waals surface area contributed by atoms with E-state index in [1.807, 2.05) is 0 Å². The molecule has 3 heteroatoms. The summed E-state index contributed by atoms with van der Waals surface area (Å²) in [5, 5.41) is 0. The summed E-state index contributed by atoms with van der Waals surface area (Å²) in [5.41, 5.74) is 0. The molecular weight excluding hydrogens is 296 g/mol.